The Morgan fingerprint density at radius 3 is 3.10 bits per heavy atom. The van der Waals surface area contributed by atoms with Crippen LogP contribution >= 0.6 is 0 Å². The van der Waals surface area contributed by atoms with Crippen LogP contribution in [0.5, 0.6) is 11.5 Å². The first-order chi connectivity index (χ1) is 9.74. The zero-order valence-corrected chi connectivity index (χ0v) is 11.9. The summed E-state index contributed by atoms with van der Waals surface area (Å²) in [6, 6.07) is 5.71. The van der Waals surface area contributed by atoms with Crippen molar-refractivity contribution in [3.63, 3.8) is 0 Å². The number of benzene rings is 1. The van der Waals surface area contributed by atoms with Crippen LogP contribution in [0.1, 0.15) is 19.4 Å². The molecule has 1 aliphatic heterocycles. The van der Waals surface area contributed by atoms with Crippen LogP contribution in [-0.4, -0.2) is 25.8 Å². The molecule has 4 heteroatoms. The summed E-state index contributed by atoms with van der Waals surface area (Å²) in [4.78, 5) is 11.9. The zero-order valence-electron chi connectivity index (χ0n) is 11.9. The molecule has 0 fully saturated rings. The van der Waals surface area contributed by atoms with Crippen molar-refractivity contribution in [2.45, 2.75) is 20.3 Å². The van der Waals surface area contributed by atoms with Gasteiger partial charge in [-0.3, -0.25) is 4.79 Å². The lowest BCUT2D eigenvalue weighted by Crippen LogP contribution is -2.29. The predicted molar refractivity (Wildman–Crippen MR) is 76.1 cm³/mol. The lowest BCUT2D eigenvalue weighted by molar-refractivity contribution is -0.148. The summed E-state index contributed by atoms with van der Waals surface area (Å²) < 4.78 is 16.3. The summed E-state index contributed by atoms with van der Waals surface area (Å²) in [5.74, 6) is 1.17. The number of allylic oxidation sites excluding steroid dienone is 1. The third kappa shape index (κ3) is 3.53. The van der Waals surface area contributed by atoms with Crippen molar-refractivity contribution in [3.05, 3.63) is 35.9 Å². The molecule has 4 nitrogen and oxygen atoms in total. The van der Waals surface area contributed by atoms with Crippen molar-refractivity contribution in [3.8, 4) is 11.5 Å². The van der Waals surface area contributed by atoms with Gasteiger partial charge in [-0.15, -0.1) is 0 Å². The van der Waals surface area contributed by atoms with E-state index in [1.165, 1.54) is 0 Å². The molecule has 0 radical (unpaired) electrons. The van der Waals surface area contributed by atoms with Gasteiger partial charge in [-0.2, -0.15) is 0 Å². The summed E-state index contributed by atoms with van der Waals surface area (Å²) in [6.45, 7) is 5.14. The first-order valence-electron chi connectivity index (χ1n) is 6.91. The maximum Gasteiger partial charge on any atom is 0.313 e. The molecule has 1 atom stereocenters. The van der Waals surface area contributed by atoms with E-state index in [0.29, 0.717) is 26.2 Å². The number of esters is 1. The second-order valence-corrected chi connectivity index (χ2v) is 4.61. The van der Waals surface area contributed by atoms with Crippen molar-refractivity contribution in [2.24, 2.45) is 5.92 Å². The van der Waals surface area contributed by atoms with Gasteiger partial charge in [0.2, 0.25) is 0 Å². The van der Waals surface area contributed by atoms with Crippen LogP contribution in [0.2, 0.25) is 0 Å². The molecule has 1 heterocycles. The van der Waals surface area contributed by atoms with Crippen LogP contribution < -0.4 is 9.47 Å². The maximum absolute atomic E-state index is 11.9. The lowest BCUT2D eigenvalue weighted by Gasteiger charge is -2.24. The summed E-state index contributed by atoms with van der Waals surface area (Å²) >= 11 is 0. The molecule has 0 saturated heterocycles. The van der Waals surface area contributed by atoms with Gasteiger partial charge in [0, 0.05) is 0 Å². The van der Waals surface area contributed by atoms with Crippen molar-refractivity contribution in [2.75, 3.05) is 19.8 Å². The van der Waals surface area contributed by atoms with E-state index in [-0.39, 0.29) is 11.9 Å². The standard InChI is InChI=1S/C16H20O4/c1-3-5-8-19-16(17)13-9-12-10-14(18-4-2)6-7-15(12)20-11-13/h3,5-7,10,13H,4,8-9,11H2,1-2H3/b5-3+. The Labute approximate surface area is 119 Å². The van der Waals surface area contributed by atoms with Crippen molar-refractivity contribution >= 4 is 5.97 Å². The van der Waals surface area contributed by atoms with E-state index in [1.807, 2.05) is 44.2 Å². The Bertz CT molecular complexity index is 493. The minimum atomic E-state index is -0.246. The Morgan fingerprint density at radius 1 is 1.50 bits per heavy atom. The van der Waals surface area contributed by atoms with Gasteiger partial charge in [0.15, 0.2) is 0 Å². The van der Waals surface area contributed by atoms with Crippen molar-refractivity contribution in [1.82, 2.24) is 0 Å². The molecule has 1 aromatic rings. The molecule has 20 heavy (non-hydrogen) atoms. The van der Waals surface area contributed by atoms with E-state index in [0.717, 1.165) is 17.1 Å². The smallest absolute Gasteiger partial charge is 0.313 e. The Balaban J connectivity index is 2.01. The summed E-state index contributed by atoms with van der Waals surface area (Å²) in [7, 11) is 0. The number of hydrogen-bond donors (Lipinski definition) is 0. The average Bonchev–Trinajstić information content (AvgIpc) is 2.47. The summed E-state index contributed by atoms with van der Waals surface area (Å²) in [5, 5.41) is 0. The van der Waals surface area contributed by atoms with Gasteiger partial charge in [0.1, 0.15) is 24.7 Å². The van der Waals surface area contributed by atoms with Crippen molar-refractivity contribution < 1.29 is 19.0 Å². The first kappa shape index (κ1) is 14.4. The molecule has 1 unspecified atom stereocenters. The average molecular weight is 276 g/mol. The fourth-order valence-electron chi connectivity index (χ4n) is 2.12. The highest BCUT2D eigenvalue weighted by atomic mass is 16.5. The SMILES string of the molecule is C/C=C/COC(=O)C1COc2ccc(OCC)cc2C1. The number of rotatable bonds is 5. The zero-order chi connectivity index (χ0) is 14.4. The second kappa shape index (κ2) is 6.98. The van der Waals surface area contributed by atoms with Gasteiger partial charge in [0.05, 0.1) is 12.5 Å². The molecule has 0 N–H and O–H groups in total. The summed E-state index contributed by atoms with van der Waals surface area (Å²) in [5.41, 5.74) is 0.996. The highest BCUT2D eigenvalue weighted by molar-refractivity contribution is 5.73. The van der Waals surface area contributed by atoms with E-state index in [9.17, 15) is 4.79 Å². The minimum absolute atomic E-state index is 0.212. The monoisotopic (exact) mass is 276 g/mol. The quantitative estimate of drug-likeness (QED) is 0.613. The van der Waals surface area contributed by atoms with Gasteiger partial charge in [0.25, 0.3) is 0 Å². The van der Waals surface area contributed by atoms with E-state index in [1.54, 1.807) is 0 Å². The van der Waals surface area contributed by atoms with Gasteiger partial charge in [-0.05, 0) is 44.0 Å². The third-order valence-corrected chi connectivity index (χ3v) is 3.14. The highest BCUT2D eigenvalue weighted by Crippen LogP contribution is 2.31. The molecule has 0 saturated carbocycles. The van der Waals surface area contributed by atoms with Gasteiger partial charge in [-0.25, -0.2) is 0 Å². The maximum atomic E-state index is 11.9. The number of carbonyl (C=O) groups is 1. The Morgan fingerprint density at radius 2 is 2.35 bits per heavy atom. The fourth-order valence-corrected chi connectivity index (χ4v) is 2.12. The largest absolute Gasteiger partial charge is 0.494 e. The number of hydrogen-bond acceptors (Lipinski definition) is 4. The molecule has 2 rings (SSSR count). The molecule has 1 aromatic carbocycles. The van der Waals surface area contributed by atoms with E-state index in [2.05, 4.69) is 0 Å². The number of carbonyl (C=O) groups excluding carboxylic acids is 1. The topological polar surface area (TPSA) is 44.8 Å². The lowest BCUT2D eigenvalue weighted by atomic mass is 9.96. The summed E-state index contributed by atoms with van der Waals surface area (Å²) in [6.07, 6.45) is 4.29. The van der Waals surface area contributed by atoms with Gasteiger partial charge < -0.3 is 14.2 Å². The molecule has 108 valence electrons. The van der Waals surface area contributed by atoms with Crippen LogP contribution in [0.25, 0.3) is 0 Å². The second-order valence-electron chi connectivity index (χ2n) is 4.61. The predicted octanol–water partition coefficient (Wildman–Crippen LogP) is 2.76. The van der Waals surface area contributed by atoms with E-state index >= 15 is 0 Å². The highest BCUT2D eigenvalue weighted by Gasteiger charge is 2.27. The number of ether oxygens (including phenoxy) is 3. The van der Waals surface area contributed by atoms with Crippen LogP contribution in [0.15, 0.2) is 30.4 Å². The van der Waals surface area contributed by atoms with Gasteiger partial charge >= 0.3 is 5.97 Å². The fraction of sp³-hybridized carbons (Fsp3) is 0.438. The third-order valence-electron chi connectivity index (χ3n) is 3.14. The molecule has 0 spiro atoms. The van der Waals surface area contributed by atoms with Gasteiger partial charge in [-0.1, -0.05) is 12.2 Å². The van der Waals surface area contributed by atoms with Crippen LogP contribution in [0, 0.1) is 5.92 Å². The van der Waals surface area contributed by atoms with Crippen LogP contribution in [-0.2, 0) is 16.0 Å². The molecule has 1 aliphatic rings. The molecule has 0 bridgehead atoms. The Kier molecular flexibility index (Phi) is 5.04. The normalized spacial score (nSPS) is 17.4. The number of fused-ring (bicyclic) bond motifs is 1. The van der Waals surface area contributed by atoms with E-state index in [4.69, 9.17) is 14.2 Å². The minimum Gasteiger partial charge on any atom is -0.494 e. The van der Waals surface area contributed by atoms with Crippen LogP contribution in [0.3, 0.4) is 0 Å². The molecular weight excluding hydrogens is 256 g/mol. The molecule has 0 aromatic heterocycles. The van der Waals surface area contributed by atoms with E-state index < -0.39 is 0 Å². The first-order valence-corrected chi connectivity index (χ1v) is 6.91. The molecular formula is C16H20O4. The molecule has 0 amide bonds. The van der Waals surface area contributed by atoms with Crippen LogP contribution in [0.4, 0.5) is 0 Å². The van der Waals surface area contributed by atoms with Crippen molar-refractivity contribution in [1.29, 1.82) is 0 Å². The molecule has 0 aliphatic carbocycles. The Hall–Kier alpha value is -1.97.